The first-order chi connectivity index (χ1) is 13.6. The van der Waals surface area contributed by atoms with Crippen LogP contribution >= 0.6 is 0 Å². The quantitative estimate of drug-likeness (QED) is 0.272. The molecule has 0 fully saturated rings. The minimum atomic E-state index is -0.445. The molecule has 0 unspecified atom stereocenters. The summed E-state index contributed by atoms with van der Waals surface area (Å²) in [6, 6.07) is 16.1. The minimum absolute atomic E-state index is 0.00384. The Kier molecular flexibility index (Phi) is 6.14. The van der Waals surface area contributed by atoms with Crippen LogP contribution in [0.2, 0.25) is 0 Å². The smallest absolute Gasteiger partial charge is 0.292 e. The summed E-state index contributed by atoms with van der Waals surface area (Å²) in [6.45, 7) is 0.703. The molecule has 2 N–H and O–H groups in total. The molecular formula is C20H19N5O3. The number of carbonyl (C=O) groups is 1. The van der Waals surface area contributed by atoms with Crippen molar-refractivity contribution < 1.29 is 9.72 Å². The Morgan fingerprint density at radius 1 is 1.11 bits per heavy atom. The Morgan fingerprint density at radius 3 is 2.64 bits per heavy atom. The molecule has 28 heavy (non-hydrogen) atoms. The first-order valence-electron chi connectivity index (χ1n) is 8.67. The van der Waals surface area contributed by atoms with Crippen LogP contribution in [-0.4, -0.2) is 33.7 Å². The van der Waals surface area contributed by atoms with Crippen molar-refractivity contribution in [2.75, 3.05) is 18.4 Å². The van der Waals surface area contributed by atoms with Gasteiger partial charge in [0.25, 0.3) is 5.69 Å². The van der Waals surface area contributed by atoms with Crippen LogP contribution in [0.4, 0.5) is 11.4 Å². The third kappa shape index (κ3) is 5.04. The number of benzene rings is 2. The van der Waals surface area contributed by atoms with Crippen LogP contribution in [0.3, 0.4) is 0 Å². The lowest BCUT2D eigenvalue weighted by Gasteiger charge is -2.07. The molecule has 0 spiro atoms. The van der Waals surface area contributed by atoms with Crippen LogP contribution in [0.5, 0.6) is 0 Å². The third-order valence-corrected chi connectivity index (χ3v) is 3.89. The van der Waals surface area contributed by atoms with Gasteiger partial charge in [-0.1, -0.05) is 30.3 Å². The highest BCUT2D eigenvalue weighted by molar-refractivity contribution is 5.91. The number of hydrogen-bond acceptors (Lipinski definition) is 5. The summed E-state index contributed by atoms with van der Waals surface area (Å²) in [5.41, 5.74) is 2.17. The van der Waals surface area contributed by atoms with E-state index in [-0.39, 0.29) is 11.6 Å². The number of carbonyl (C=O) groups excluding carboxylic acids is 1. The maximum atomic E-state index is 11.9. The van der Waals surface area contributed by atoms with Crippen LogP contribution in [0, 0.1) is 10.1 Å². The topological polar surface area (TPSA) is 102 Å². The van der Waals surface area contributed by atoms with Crippen molar-refractivity contribution in [1.82, 2.24) is 15.1 Å². The highest BCUT2D eigenvalue weighted by Gasteiger charge is 2.11. The molecule has 1 amide bonds. The minimum Gasteiger partial charge on any atom is -0.378 e. The molecule has 0 aliphatic carbocycles. The Bertz CT molecular complexity index is 982. The van der Waals surface area contributed by atoms with E-state index in [4.69, 9.17) is 0 Å². The molecule has 8 nitrogen and oxygen atoms in total. The standard InChI is InChI=1S/C20H19N5O3/c26-20(22-13-12-21-18-8-4-5-9-19(18)25(27)28)11-10-16-14-23-24(15-16)17-6-2-1-3-7-17/h1-11,14-15,21H,12-13H2,(H,22,26)/b11-10+. The molecule has 8 heteroatoms. The second kappa shape index (κ2) is 9.13. The molecule has 0 saturated carbocycles. The molecular weight excluding hydrogens is 358 g/mol. The van der Waals surface area contributed by atoms with E-state index < -0.39 is 4.92 Å². The van der Waals surface area contributed by atoms with Crippen molar-refractivity contribution in [1.29, 1.82) is 0 Å². The van der Waals surface area contributed by atoms with Gasteiger partial charge >= 0.3 is 0 Å². The highest BCUT2D eigenvalue weighted by atomic mass is 16.6. The summed E-state index contributed by atoms with van der Waals surface area (Å²) in [6.07, 6.45) is 6.61. The normalized spacial score (nSPS) is 10.7. The lowest BCUT2D eigenvalue weighted by Crippen LogP contribution is -2.27. The molecule has 1 heterocycles. The van der Waals surface area contributed by atoms with E-state index >= 15 is 0 Å². The lowest BCUT2D eigenvalue weighted by molar-refractivity contribution is -0.384. The van der Waals surface area contributed by atoms with Crippen molar-refractivity contribution in [2.24, 2.45) is 0 Å². The maximum Gasteiger partial charge on any atom is 0.292 e. The van der Waals surface area contributed by atoms with Crippen LogP contribution in [0.1, 0.15) is 5.56 Å². The predicted octanol–water partition coefficient (Wildman–Crippen LogP) is 3.02. The Morgan fingerprint density at radius 2 is 1.86 bits per heavy atom. The molecule has 2 aromatic carbocycles. The average Bonchev–Trinajstić information content (AvgIpc) is 3.20. The zero-order valence-electron chi connectivity index (χ0n) is 15.0. The summed E-state index contributed by atoms with van der Waals surface area (Å²) >= 11 is 0. The summed E-state index contributed by atoms with van der Waals surface area (Å²) in [5, 5.41) is 20.9. The van der Waals surface area contributed by atoms with Gasteiger partial charge < -0.3 is 10.6 Å². The van der Waals surface area contributed by atoms with E-state index in [0.29, 0.717) is 18.8 Å². The van der Waals surface area contributed by atoms with Gasteiger partial charge in [-0.05, 0) is 24.3 Å². The largest absolute Gasteiger partial charge is 0.378 e. The molecule has 0 aliphatic heterocycles. The lowest BCUT2D eigenvalue weighted by atomic mass is 10.2. The van der Waals surface area contributed by atoms with Gasteiger partial charge in [0, 0.05) is 37.0 Å². The number of para-hydroxylation sites is 3. The molecule has 3 aromatic rings. The fraction of sp³-hybridized carbons (Fsp3) is 0.100. The fourth-order valence-corrected chi connectivity index (χ4v) is 2.54. The summed E-state index contributed by atoms with van der Waals surface area (Å²) < 4.78 is 1.73. The van der Waals surface area contributed by atoms with Crippen LogP contribution in [0.25, 0.3) is 11.8 Å². The number of rotatable bonds is 8. The van der Waals surface area contributed by atoms with Crippen LogP contribution in [0.15, 0.2) is 73.1 Å². The number of anilines is 1. The monoisotopic (exact) mass is 377 g/mol. The maximum absolute atomic E-state index is 11.9. The van der Waals surface area contributed by atoms with E-state index in [9.17, 15) is 14.9 Å². The molecule has 3 rings (SSSR count). The summed E-state index contributed by atoms with van der Waals surface area (Å²) in [4.78, 5) is 22.4. The van der Waals surface area contributed by atoms with E-state index in [0.717, 1.165) is 11.3 Å². The number of nitro benzene ring substituents is 1. The second-order valence-electron chi connectivity index (χ2n) is 5.88. The number of nitrogens with zero attached hydrogens (tertiary/aromatic N) is 3. The van der Waals surface area contributed by atoms with Gasteiger partial charge in [-0.3, -0.25) is 14.9 Å². The van der Waals surface area contributed by atoms with Gasteiger partial charge in [-0.2, -0.15) is 5.10 Å². The SMILES string of the molecule is O=C(/C=C/c1cnn(-c2ccccc2)c1)NCCNc1ccccc1[N+](=O)[O-]. The molecule has 0 bridgehead atoms. The van der Waals surface area contributed by atoms with Crippen molar-refractivity contribution >= 4 is 23.4 Å². The second-order valence-corrected chi connectivity index (χ2v) is 5.88. The molecule has 0 saturated heterocycles. The first-order valence-corrected chi connectivity index (χ1v) is 8.67. The molecule has 0 aliphatic rings. The average molecular weight is 377 g/mol. The van der Waals surface area contributed by atoms with Gasteiger partial charge in [-0.25, -0.2) is 4.68 Å². The van der Waals surface area contributed by atoms with Crippen molar-refractivity contribution in [3.63, 3.8) is 0 Å². The molecule has 1 aromatic heterocycles. The number of nitro groups is 1. The number of amides is 1. The zero-order valence-corrected chi connectivity index (χ0v) is 15.0. The molecule has 142 valence electrons. The third-order valence-electron chi connectivity index (χ3n) is 3.89. The number of aromatic nitrogens is 2. The summed E-state index contributed by atoms with van der Waals surface area (Å²) in [5.74, 6) is -0.253. The predicted molar refractivity (Wildman–Crippen MR) is 107 cm³/mol. The van der Waals surface area contributed by atoms with Crippen molar-refractivity contribution in [2.45, 2.75) is 0 Å². The Balaban J connectivity index is 1.46. The Labute approximate surface area is 161 Å². The van der Waals surface area contributed by atoms with Gasteiger partial charge in [0.15, 0.2) is 0 Å². The van der Waals surface area contributed by atoms with Crippen molar-refractivity contribution in [3.8, 4) is 5.69 Å². The van der Waals surface area contributed by atoms with Gasteiger partial charge in [0.1, 0.15) is 5.69 Å². The zero-order chi connectivity index (χ0) is 19.8. The number of hydrogen-bond donors (Lipinski definition) is 2. The fourth-order valence-electron chi connectivity index (χ4n) is 2.54. The van der Waals surface area contributed by atoms with Gasteiger partial charge in [0.2, 0.25) is 5.91 Å². The van der Waals surface area contributed by atoms with E-state index in [1.165, 1.54) is 12.1 Å². The Hall–Kier alpha value is -3.94. The van der Waals surface area contributed by atoms with Gasteiger partial charge in [0.05, 0.1) is 16.8 Å². The van der Waals surface area contributed by atoms with Crippen LogP contribution < -0.4 is 10.6 Å². The van der Waals surface area contributed by atoms with E-state index in [1.54, 1.807) is 35.2 Å². The number of nitrogens with one attached hydrogen (secondary N) is 2. The van der Waals surface area contributed by atoms with Crippen molar-refractivity contribution in [3.05, 3.63) is 88.7 Å². The molecule has 0 atom stereocenters. The van der Waals surface area contributed by atoms with Crippen LogP contribution in [-0.2, 0) is 4.79 Å². The summed E-state index contributed by atoms with van der Waals surface area (Å²) in [7, 11) is 0. The first kappa shape index (κ1) is 18.8. The van der Waals surface area contributed by atoms with Gasteiger partial charge in [-0.15, -0.1) is 0 Å². The van der Waals surface area contributed by atoms with E-state index in [2.05, 4.69) is 15.7 Å². The van der Waals surface area contributed by atoms with E-state index in [1.807, 2.05) is 36.5 Å². The highest BCUT2D eigenvalue weighted by Crippen LogP contribution is 2.22. The molecule has 0 radical (unpaired) electrons.